The number of hydrogen-bond acceptors (Lipinski definition) is 3. The van der Waals surface area contributed by atoms with Gasteiger partial charge in [-0.1, -0.05) is 0 Å². The molecule has 2 heterocycles. The van der Waals surface area contributed by atoms with Crippen LogP contribution < -0.4 is 4.90 Å². The first-order valence-corrected chi connectivity index (χ1v) is 6.49. The molecule has 0 radical (unpaired) electrons. The number of piperidine rings is 1. The Balaban J connectivity index is 2.15. The fourth-order valence-corrected chi connectivity index (χ4v) is 2.61. The van der Waals surface area contributed by atoms with Crippen LogP contribution in [0.5, 0.6) is 0 Å². The van der Waals surface area contributed by atoms with Crippen LogP contribution >= 0.6 is 0 Å². The summed E-state index contributed by atoms with van der Waals surface area (Å²) < 4.78 is 53.5. The maximum absolute atomic E-state index is 13.6. The number of pyridine rings is 1. The second-order valence-corrected chi connectivity index (χ2v) is 5.36. The van der Waals surface area contributed by atoms with E-state index in [0.717, 1.165) is 19.4 Å². The van der Waals surface area contributed by atoms with Gasteiger partial charge in [-0.05, 0) is 32.9 Å². The highest BCUT2D eigenvalue weighted by Gasteiger charge is 2.28. The van der Waals surface area contributed by atoms with Gasteiger partial charge in [0.25, 0.3) is 11.9 Å². The van der Waals surface area contributed by atoms with Crippen molar-refractivity contribution in [2.75, 3.05) is 38.6 Å². The maximum Gasteiger partial charge on any atom is 0.253 e. The highest BCUT2D eigenvalue weighted by atomic mass is 19.2. The molecule has 3 nitrogen and oxygen atoms in total. The molecule has 0 unspecified atom stereocenters. The number of hydrogen-bond donors (Lipinski definition) is 0. The van der Waals surface area contributed by atoms with Crippen molar-refractivity contribution in [1.29, 1.82) is 0 Å². The molecule has 2 rings (SSSR count). The van der Waals surface area contributed by atoms with Gasteiger partial charge in [0.1, 0.15) is 5.69 Å². The zero-order valence-corrected chi connectivity index (χ0v) is 11.5. The van der Waals surface area contributed by atoms with E-state index >= 15 is 0 Å². The van der Waals surface area contributed by atoms with Crippen LogP contribution in [0.2, 0.25) is 0 Å². The second kappa shape index (κ2) is 5.95. The van der Waals surface area contributed by atoms with E-state index in [2.05, 4.69) is 4.98 Å². The molecular formula is C13H17F4N3. The predicted octanol–water partition coefficient (Wildman–Crippen LogP) is 2.42. The molecule has 0 amide bonds. The minimum absolute atomic E-state index is 0.370. The molecular weight excluding hydrogens is 274 g/mol. The average Bonchev–Trinajstić information content (AvgIpc) is 2.38. The zero-order chi connectivity index (χ0) is 14.9. The normalized spacial score (nSPS) is 17.1. The van der Waals surface area contributed by atoms with Gasteiger partial charge in [0, 0.05) is 19.6 Å². The minimum Gasteiger partial charge on any atom is -0.366 e. The van der Waals surface area contributed by atoms with Crippen LogP contribution in [0, 0.1) is 29.4 Å². The largest absolute Gasteiger partial charge is 0.366 e. The number of anilines is 1. The van der Waals surface area contributed by atoms with Crippen molar-refractivity contribution >= 4 is 5.69 Å². The van der Waals surface area contributed by atoms with Crippen LogP contribution in [0.4, 0.5) is 23.2 Å². The molecule has 7 heteroatoms. The molecule has 0 spiro atoms. The third-order valence-corrected chi connectivity index (χ3v) is 3.53. The first-order chi connectivity index (χ1) is 9.40. The molecule has 0 bridgehead atoms. The van der Waals surface area contributed by atoms with Crippen LogP contribution in [0.1, 0.15) is 12.8 Å². The molecule has 0 aliphatic carbocycles. The van der Waals surface area contributed by atoms with Gasteiger partial charge in [-0.2, -0.15) is 22.5 Å². The maximum atomic E-state index is 13.6. The molecule has 0 aromatic carbocycles. The summed E-state index contributed by atoms with van der Waals surface area (Å²) in [6.45, 7) is 1.63. The molecule has 1 fully saturated rings. The molecule has 0 atom stereocenters. The van der Waals surface area contributed by atoms with Crippen LogP contribution in [0.15, 0.2) is 0 Å². The molecule has 0 saturated carbocycles. The van der Waals surface area contributed by atoms with Gasteiger partial charge in [0.2, 0.25) is 11.6 Å². The molecule has 112 valence electrons. The summed E-state index contributed by atoms with van der Waals surface area (Å²) in [5, 5.41) is 0. The molecule has 1 aliphatic rings. The SMILES string of the molecule is CN(C)CC1CCN(c2c(F)c(F)nc(F)c2F)CC1. The third-order valence-electron chi connectivity index (χ3n) is 3.53. The summed E-state index contributed by atoms with van der Waals surface area (Å²) in [6, 6.07) is 0. The van der Waals surface area contributed by atoms with Crippen molar-refractivity contribution in [2.24, 2.45) is 5.92 Å². The van der Waals surface area contributed by atoms with Crippen molar-refractivity contribution in [2.45, 2.75) is 12.8 Å². The first kappa shape index (κ1) is 15.0. The zero-order valence-electron chi connectivity index (χ0n) is 11.5. The quantitative estimate of drug-likeness (QED) is 0.630. The van der Waals surface area contributed by atoms with E-state index in [1.54, 1.807) is 0 Å². The fourth-order valence-electron chi connectivity index (χ4n) is 2.61. The van der Waals surface area contributed by atoms with Crippen LogP contribution in [0.3, 0.4) is 0 Å². The fraction of sp³-hybridized carbons (Fsp3) is 0.615. The van der Waals surface area contributed by atoms with Gasteiger partial charge in [-0.25, -0.2) is 0 Å². The Morgan fingerprint density at radius 2 is 1.55 bits per heavy atom. The number of aromatic nitrogens is 1. The lowest BCUT2D eigenvalue weighted by atomic mass is 9.96. The standard InChI is InChI=1S/C13H17F4N3/c1-19(2)7-8-3-5-20(6-4-8)11-9(14)12(16)18-13(17)10(11)15/h8H,3-7H2,1-2H3. The lowest BCUT2D eigenvalue weighted by Gasteiger charge is -2.34. The van der Waals surface area contributed by atoms with E-state index in [0.29, 0.717) is 19.0 Å². The topological polar surface area (TPSA) is 19.4 Å². The Morgan fingerprint density at radius 1 is 1.05 bits per heavy atom. The summed E-state index contributed by atoms with van der Waals surface area (Å²) in [5.41, 5.74) is -0.640. The molecule has 1 aromatic rings. The van der Waals surface area contributed by atoms with Gasteiger partial charge in [0.15, 0.2) is 0 Å². The summed E-state index contributed by atoms with van der Waals surface area (Å²) in [5.74, 6) is -5.63. The molecule has 1 aromatic heterocycles. The third kappa shape index (κ3) is 3.03. The van der Waals surface area contributed by atoms with Crippen molar-refractivity contribution < 1.29 is 17.6 Å². The highest BCUT2D eigenvalue weighted by Crippen LogP contribution is 2.30. The molecule has 1 saturated heterocycles. The first-order valence-electron chi connectivity index (χ1n) is 6.49. The predicted molar refractivity (Wildman–Crippen MR) is 67.6 cm³/mol. The summed E-state index contributed by atoms with van der Waals surface area (Å²) in [6.07, 6.45) is 1.45. The second-order valence-electron chi connectivity index (χ2n) is 5.36. The van der Waals surface area contributed by atoms with E-state index in [9.17, 15) is 17.6 Å². The number of nitrogens with zero attached hydrogens (tertiary/aromatic N) is 3. The van der Waals surface area contributed by atoms with Gasteiger partial charge >= 0.3 is 0 Å². The van der Waals surface area contributed by atoms with Crippen molar-refractivity contribution in [3.8, 4) is 0 Å². The van der Waals surface area contributed by atoms with E-state index in [-0.39, 0.29) is 0 Å². The monoisotopic (exact) mass is 291 g/mol. The van der Waals surface area contributed by atoms with E-state index in [1.165, 1.54) is 4.90 Å². The van der Waals surface area contributed by atoms with E-state index in [4.69, 9.17) is 0 Å². The Kier molecular flexibility index (Phi) is 4.47. The van der Waals surface area contributed by atoms with Crippen molar-refractivity contribution in [3.05, 3.63) is 23.5 Å². The Bertz CT molecular complexity index is 459. The minimum atomic E-state index is -1.60. The van der Waals surface area contributed by atoms with Gasteiger partial charge in [-0.3, -0.25) is 0 Å². The van der Waals surface area contributed by atoms with Crippen LogP contribution in [0.25, 0.3) is 0 Å². The van der Waals surface area contributed by atoms with Crippen molar-refractivity contribution in [1.82, 2.24) is 9.88 Å². The Hall–Kier alpha value is -1.37. The summed E-state index contributed by atoms with van der Waals surface area (Å²) >= 11 is 0. The summed E-state index contributed by atoms with van der Waals surface area (Å²) in [7, 11) is 3.92. The lowest BCUT2D eigenvalue weighted by molar-refractivity contribution is 0.283. The average molecular weight is 291 g/mol. The Labute approximate surface area is 115 Å². The number of rotatable bonds is 3. The van der Waals surface area contributed by atoms with Gasteiger partial charge in [0.05, 0.1) is 0 Å². The molecule has 0 N–H and O–H groups in total. The molecule has 1 aliphatic heterocycles. The van der Waals surface area contributed by atoms with E-state index < -0.39 is 29.2 Å². The lowest BCUT2D eigenvalue weighted by Crippen LogP contribution is -2.38. The smallest absolute Gasteiger partial charge is 0.253 e. The Morgan fingerprint density at radius 3 is 2.00 bits per heavy atom. The highest BCUT2D eigenvalue weighted by molar-refractivity contribution is 5.48. The number of halogens is 4. The van der Waals surface area contributed by atoms with Crippen molar-refractivity contribution in [3.63, 3.8) is 0 Å². The summed E-state index contributed by atoms with van der Waals surface area (Å²) in [4.78, 5) is 5.97. The van der Waals surface area contributed by atoms with Crippen LogP contribution in [-0.2, 0) is 0 Å². The van der Waals surface area contributed by atoms with E-state index in [1.807, 2.05) is 19.0 Å². The van der Waals surface area contributed by atoms with Gasteiger partial charge in [-0.15, -0.1) is 0 Å². The van der Waals surface area contributed by atoms with Gasteiger partial charge < -0.3 is 9.80 Å². The molecule has 20 heavy (non-hydrogen) atoms. The van der Waals surface area contributed by atoms with Crippen LogP contribution in [-0.4, -0.2) is 43.6 Å².